The molecule has 0 aromatic heterocycles. The smallest absolute Gasteiger partial charge is 0.329 e. The molecule has 256 valence electrons. The minimum absolute atomic E-state index is 0.0461. The summed E-state index contributed by atoms with van der Waals surface area (Å²) in [6.07, 6.45) is 6.64. The number of fused-ring (bicyclic) bond motifs is 1. The molecule has 5 amide bonds. The van der Waals surface area contributed by atoms with E-state index in [2.05, 4.69) is 21.3 Å². The van der Waals surface area contributed by atoms with Crippen molar-refractivity contribution in [3.8, 4) is 0 Å². The molecule has 4 fully saturated rings. The van der Waals surface area contributed by atoms with E-state index in [-0.39, 0.29) is 30.3 Å². The number of benzene rings is 1. The van der Waals surface area contributed by atoms with Crippen molar-refractivity contribution in [2.45, 2.75) is 103 Å². The van der Waals surface area contributed by atoms with Gasteiger partial charge in [0.25, 0.3) is 5.91 Å². The summed E-state index contributed by atoms with van der Waals surface area (Å²) >= 11 is 0. The number of hydrogen-bond acceptors (Lipinski definition) is 7. The van der Waals surface area contributed by atoms with Crippen LogP contribution in [0.4, 0.5) is 4.79 Å². The van der Waals surface area contributed by atoms with E-state index in [1.165, 1.54) is 11.9 Å². The molecule has 1 heterocycles. The number of piperidine rings is 1. The van der Waals surface area contributed by atoms with Gasteiger partial charge in [-0.05, 0) is 60.3 Å². The SMILES string of the molecule is CNC(=O)C(=O)C(CC1CCC1)NC(=O)[C@@H]1[C@H]2C[C@H]2CN1C(=O)[C@@H](NC(=O)N[C@H](C(=O)OCc1ccccc1)C1CCC1)C(C)(C)C. The van der Waals surface area contributed by atoms with Gasteiger partial charge in [-0.1, -0.05) is 76.8 Å². The van der Waals surface area contributed by atoms with Crippen LogP contribution in [0.3, 0.4) is 0 Å². The molecule has 1 aromatic carbocycles. The van der Waals surface area contributed by atoms with Gasteiger partial charge in [-0.25, -0.2) is 9.59 Å². The Balaban J connectivity index is 1.25. The van der Waals surface area contributed by atoms with Crippen LogP contribution in [0.25, 0.3) is 0 Å². The summed E-state index contributed by atoms with van der Waals surface area (Å²) < 4.78 is 5.56. The summed E-state index contributed by atoms with van der Waals surface area (Å²) in [5.41, 5.74) is 0.106. The zero-order valence-electron chi connectivity index (χ0n) is 27.9. The van der Waals surface area contributed by atoms with Gasteiger partial charge in [0.05, 0.1) is 6.04 Å². The van der Waals surface area contributed by atoms with E-state index in [4.69, 9.17) is 4.74 Å². The molecule has 1 saturated heterocycles. The van der Waals surface area contributed by atoms with E-state index >= 15 is 0 Å². The van der Waals surface area contributed by atoms with Crippen molar-refractivity contribution in [3.63, 3.8) is 0 Å². The number of ether oxygens (including phenoxy) is 1. The van der Waals surface area contributed by atoms with Crippen molar-refractivity contribution >= 4 is 35.5 Å². The molecule has 3 aliphatic carbocycles. The number of likely N-dealkylation sites (tertiary alicyclic amines) is 1. The highest BCUT2D eigenvalue weighted by molar-refractivity contribution is 6.38. The average molecular weight is 652 g/mol. The molecular formula is C35H49N5O7. The minimum Gasteiger partial charge on any atom is -0.459 e. The normalized spacial score (nSPS) is 23.9. The van der Waals surface area contributed by atoms with E-state index < -0.39 is 65.1 Å². The maximum absolute atomic E-state index is 14.2. The molecular weight excluding hydrogens is 602 g/mol. The van der Waals surface area contributed by atoms with Gasteiger partial charge in [0.2, 0.25) is 17.6 Å². The van der Waals surface area contributed by atoms with Crippen LogP contribution in [0, 0.1) is 29.1 Å². The van der Waals surface area contributed by atoms with Gasteiger partial charge in [-0.2, -0.15) is 0 Å². The van der Waals surface area contributed by atoms with Crippen LogP contribution >= 0.6 is 0 Å². The second-order valence-electron chi connectivity index (χ2n) is 14.8. The van der Waals surface area contributed by atoms with Crippen molar-refractivity contribution in [2.75, 3.05) is 13.6 Å². The highest BCUT2D eigenvalue weighted by Crippen LogP contribution is 2.50. The molecule has 1 aliphatic heterocycles. The molecule has 6 atom stereocenters. The molecule has 3 saturated carbocycles. The molecule has 0 radical (unpaired) electrons. The number of hydrogen-bond donors (Lipinski definition) is 4. The number of nitrogens with one attached hydrogen (secondary N) is 4. The molecule has 1 unspecified atom stereocenters. The maximum atomic E-state index is 14.2. The Bertz CT molecular complexity index is 1350. The third-order valence-electron chi connectivity index (χ3n) is 10.4. The van der Waals surface area contributed by atoms with Crippen LogP contribution in [-0.4, -0.2) is 78.2 Å². The maximum Gasteiger partial charge on any atom is 0.329 e. The van der Waals surface area contributed by atoms with Crippen molar-refractivity contribution < 1.29 is 33.5 Å². The second kappa shape index (κ2) is 14.4. The van der Waals surface area contributed by atoms with Gasteiger partial charge in [0.1, 0.15) is 24.7 Å². The van der Waals surface area contributed by atoms with Gasteiger partial charge in [-0.3, -0.25) is 19.2 Å². The van der Waals surface area contributed by atoms with E-state index in [0.29, 0.717) is 13.0 Å². The van der Waals surface area contributed by atoms with Crippen LogP contribution in [0.2, 0.25) is 0 Å². The van der Waals surface area contributed by atoms with Gasteiger partial charge >= 0.3 is 12.0 Å². The van der Waals surface area contributed by atoms with Crippen LogP contribution in [0.15, 0.2) is 30.3 Å². The van der Waals surface area contributed by atoms with Crippen molar-refractivity contribution in [3.05, 3.63) is 35.9 Å². The van der Waals surface area contributed by atoms with E-state index in [1.54, 1.807) is 0 Å². The lowest BCUT2D eigenvalue weighted by molar-refractivity contribution is -0.149. The molecule has 47 heavy (non-hydrogen) atoms. The largest absolute Gasteiger partial charge is 0.459 e. The predicted octanol–water partition coefficient (Wildman–Crippen LogP) is 2.45. The number of rotatable bonds is 13. The monoisotopic (exact) mass is 651 g/mol. The van der Waals surface area contributed by atoms with Crippen molar-refractivity contribution in [2.24, 2.45) is 29.1 Å². The lowest BCUT2D eigenvalue weighted by Gasteiger charge is -2.38. The van der Waals surface area contributed by atoms with Crippen LogP contribution < -0.4 is 21.3 Å². The molecule has 12 nitrogen and oxygen atoms in total. The average Bonchev–Trinajstić information content (AvgIpc) is 3.65. The Morgan fingerprint density at radius 3 is 2.19 bits per heavy atom. The summed E-state index contributed by atoms with van der Waals surface area (Å²) in [6.45, 7) is 5.94. The number of likely N-dealkylation sites (N-methyl/N-ethyl adjacent to an activating group) is 1. The minimum atomic E-state index is -1.00. The quantitative estimate of drug-likeness (QED) is 0.188. The highest BCUT2D eigenvalue weighted by atomic mass is 16.5. The topological polar surface area (TPSA) is 163 Å². The van der Waals surface area contributed by atoms with Gasteiger partial charge < -0.3 is 30.9 Å². The number of nitrogens with zero attached hydrogens (tertiary/aromatic N) is 1. The number of carbonyl (C=O) groups excluding carboxylic acids is 6. The standard InChI is InChI=1S/C35H49N5O7/c1-35(2,3)29(39-34(46)38-26(22-14-9-15-22)33(45)47-19-21-10-6-5-7-11-21)32(44)40-18-23-17-24(23)27(40)30(42)37-25(16-20-12-8-13-20)28(41)31(43)36-4/h5-7,10-11,20,22-27,29H,8-9,12-19H2,1-4H3,(H,36,43)(H,37,42)(H2,38,39,46)/t23-,24-,25?,26-,27-,29+/m0/s1. The molecule has 0 spiro atoms. The van der Waals surface area contributed by atoms with Crippen LogP contribution in [0.5, 0.6) is 0 Å². The zero-order chi connectivity index (χ0) is 33.9. The van der Waals surface area contributed by atoms with Gasteiger partial charge in [0.15, 0.2) is 0 Å². The molecule has 4 N–H and O–H groups in total. The second-order valence-corrected chi connectivity index (χ2v) is 14.8. The Labute approximate surface area is 276 Å². The van der Waals surface area contributed by atoms with Gasteiger partial charge in [0, 0.05) is 13.6 Å². The van der Waals surface area contributed by atoms with Crippen molar-refractivity contribution in [1.82, 2.24) is 26.2 Å². The number of amides is 5. The molecule has 0 bridgehead atoms. The fraction of sp³-hybridized carbons (Fsp3) is 0.657. The predicted molar refractivity (Wildman–Crippen MR) is 172 cm³/mol. The number of urea groups is 1. The summed E-state index contributed by atoms with van der Waals surface area (Å²) in [5, 5.41) is 10.8. The number of ketones is 1. The van der Waals surface area contributed by atoms with Crippen LogP contribution in [-0.2, 0) is 35.3 Å². The van der Waals surface area contributed by atoms with E-state index in [9.17, 15) is 28.8 Å². The molecule has 5 rings (SSSR count). The Kier molecular flexibility index (Phi) is 10.6. The number of carbonyl (C=O) groups is 6. The highest BCUT2D eigenvalue weighted by Gasteiger charge is 2.58. The molecule has 4 aliphatic rings. The molecule has 1 aromatic rings. The zero-order valence-corrected chi connectivity index (χ0v) is 27.9. The third kappa shape index (κ3) is 8.13. The Hall–Kier alpha value is -3.96. The Morgan fingerprint density at radius 1 is 0.936 bits per heavy atom. The summed E-state index contributed by atoms with van der Waals surface area (Å²) in [4.78, 5) is 81.1. The first-order valence-corrected chi connectivity index (χ1v) is 17.0. The fourth-order valence-electron chi connectivity index (χ4n) is 6.95. The van der Waals surface area contributed by atoms with E-state index in [0.717, 1.165) is 50.5 Å². The Morgan fingerprint density at radius 2 is 1.62 bits per heavy atom. The summed E-state index contributed by atoms with van der Waals surface area (Å²) in [5.74, 6) is -2.51. The third-order valence-corrected chi connectivity index (χ3v) is 10.4. The lowest BCUT2D eigenvalue weighted by atomic mass is 9.79. The number of esters is 1. The van der Waals surface area contributed by atoms with Gasteiger partial charge in [-0.15, -0.1) is 0 Å². The first kappa shape index (κ1) is 34.4. The first-order valence-electron chi connectivity index (χ1n) is 17.0. The summed E-state index contributed by atoms with van der Waals surface area (Å²) in [6, 6.07) is 5.02. The lowest BCUT2D eigenvalue weighted by Crippen LogP contribution is -2.62. The van der Waals surface area contributed by atoms with Crippen LogP contribution in [0.1, 0.15) is 77.7 Å². The number of Topliss-reactive ketones (excluding diaryl/α,β-unsaturated/α-hetero) is 1. The summed E-state index contributed by atoms with van der Waals surface area (Å²) in [7, 11) is 1.38. The van der Waals surface area contributed by atoms with Crippen molar-refractivity contribution in [1.29, 1.82) is 0 Å². The van der Waals surface area contributed by atoms with E-state index in [1.807, 2.05) is 51.1 Å². The fourth-order valence-corrected chi connectivity index (χ4v) is 6.95. The molecule has 12 heteroatoms. The first-order chi connectivity index (χ1) is 22.4.